The fourth-order valence-electron chi connectivity index (χ4n) is 3.98. The molecule has 27 heavy (non-hydrogen) atoms. The number of carbonyl (C=O) groups is 1. The van der Waals surface area contributed by atoms with Crippen LogP contribution in [0.4, 0.5) is 0 Å². The Bertz CT molecular complexity index is 627. The molecule has 2 unspecified atom stereocenters. The minimum absolute atomic E-state index is 0.0314. The molecule has 1 aromatic rings. The van der Waals surface area contributed by atoms with Gasteiger partial charge in [0.15, 0.2) is 18.1 Å². The van der Waals surface area contributed by atoms with Gasteiger partial charge in [-0.05, 0) is 44.6 Å². The highest BCUT2D eigenvalue weighted by atomic mass is 16.5. The van der Waals surface area contributed by atoms with E-state index in [1.807, 2.05) is 0 Å². The van der Waals surface area contributed by atoms with Crippen molar-refractivity contribution in [2.45, 2.75) is 6.42 Å². The maximum absolute atomic E-state index is 12.5. The summed E-state index contributed by atoms with van der Waals surface area (Å²) in [5.41, 5.74) is 0. The molecular formula is C20H31N3O4. The predicted molar refractivity (Wildman–Crippen MR) is 103 cm³/mol. The van der Waals surface area contributed by atoms with E-state index < -0.39 is 0 Å². The second-order valence-electron chi connectivity index (χ2n) is 7.72. The number of amides is 1. The molecule has 0 bridgehead atoms. The Balaban J connectivity index is 1.52. The Morgan fingerprint density at radius 3 is 2.70 bits per heavy atom. The van der Waals surface area contributed by atoms with Gasteiger partial charge in [-0.15, -0.1) is 0 Å². The highest BCUT2D eigenvalue weighted by Crippen LogP contribution is 2.26. The second-order valence-corrected chi connectivity index (χ2v) is 7.72. The van der Waals surface area contributed by atoms with E-state index in [2.05, 4.69) is 16.8 Å². The number of nitrogens with zero attached hydrogens (tertiary/aromatic N) is 3. The van der Waals surface area contributed by atoms with Gasteiger partial charge in [-0.2, -0.15) is 0 Å². The zero-order valence-corrected chi connectivity index (χ0v) is 16.1. The maximum Gasteiger partial charge on any atom is 0.260 e. The Hall–Kier alpha value is -1.83. The fourth-order valence-corrected chi connectivity index (χ4v) is 3.98. The first-order valence-corrected chi connectivity index (χ1v) is 9.77. The van der Waals surface area contributed by atoms with Crippen LogP contribution >= 0.6 is 0 Å². The van der Waals surface area contributed by atoms with Crippen LogP contribution in [-0.4, -0.2) is 96.9 Å². The lowest BCUT2D eigenvalue weighted by Crippen LogP contribution is -2.37. The molecule has 0 saturated carbocycles. The number of phenolic OH excluding ortho intramolecular Hbond substituents is 1. The number of benzene rings is 1. The van der Waals surface area contributed by atoms with E-state index in [1.54, 1.807) is 23.1 Å². The summed E-state index contributed by atoms with van der Waals surface area (Å²) in [6, 6.07) is 6.64. The van der Waals surface area contributed by atoms with Gasteiger partial charge in [-0.3, -0.25) is 4.79 Å². The van der Waals surface area contributed by atoms with Crippen LogP contribution in [0.25, 0.3) is 0 Å². The van der Waals surface area contributed by atoms with Gasteiger partial charge in [-0.25, -0.2) is 0 Å². The topological polar surface area (TPSA) is 76.5 Å². The van der Waals surface area contributed by atoms with E-state index in [1.165, 1.54) is 6.07 Å². The summed E-state index contributed by atoms with van der Waals surface area (Å²) in [5.74, 6) is 0.639. The Morgan fingerprint density at radius 2 is 1.93 bits per heavy atom. The summed E-state index contributed by atoms with van der Waals surface area (Å²) >= 11 is 0. The first-order chi connectivity index (χ1) is 13.1. The number of hydrogen-bond donors (Lipinski definition) is 2. The lowest BCUT2D eigenvalue weighted by molar-refractivity contribution is -0.132. The molecule has 1 aromatic carbocycles. The van der Waals surface area contributed by atoms with Crippen molar-refractivity contribution in [1.82, 2.24) is 14.7 Å². The van der Waals surface area contributed by atoms with Crippen molar-refractivity contribution in [3.05, 3.63) is 24.3 Å². The number of likely N-dealkylation sites (tertiary alicyclic amines) is 1. The van der Waals surface area contributed by atoms with Crippen LogP contribution in [0.1, 0.15) is 6.42 Å². The molecule has 2 aliphatic rings. The van der Waals surface area contributed by atoms with Crippen molar-refractivity contribution in [3.63, 3.8) is 0 Å². The minimum Gasteiger partial charge on any atom is -0.504 e. The van der Waals surface area contributed by atoms with Gasteiger partial charge in [0.2, 0.25) is 0 Å². The van der Waals surface area contributed by atoms with E-state index >= 15 is 0 Å². The first-order valence-electron chi connectivity index (χ1n) is 9.77. The summed E-state index contributed by atoms with van der Waals surface area (Å²) in [5, 5.41) is 19.5. The van der Waals surface area contributed by atoms with Crippen molar-refractivity contribution in [2.24, 2.45) is 11.8 Å². The van der Waals surface area contributed by atoms with E-state index in [-0.39, 0.29) is 36.7 Å². The third kappa shape index (κ3) is 5.34. The van der Waals surface area contributed by atoms with Crippen molar-refractivity contribution in [3.8, 4) is 11.5 Å². The van der Waals surface area contributed by atoms with Crippen LogP contribution in [-0.2, 0) is 4.79 Å². The molecular weight excluding hydrogens is 346 g/mol. The van der Waals surface area contributed by atoms with E-state index in [9.17, 15) is 15.0 Å². The van der Waals surface area contributed by atoms with Crippen molar-refractivity contribution in [2.75, 3.05) is 66.1 Å². The maximum atomic E-state index is 12.5. The molecule has 0 aromatic heterocycles. The van der Waals surface area contributed by atoms with Crippen LogP contribution in [0.5, 0.6) is 11.5 Å². The molecule has 2 saturated heterocycles. The van der Waals surface area contributed by atoms with Crippen LogP contribution in [0, 0.1) is 11.8 Å². The van der Waals surface area contributed by atoms with E-state index in [0.29, 0.717) is 18.8 Å². The Labute approximate surface area is 161 Å². The highest BCUT2D eigenvalue weighted by Gasteiger charge is 2.36. The SMILES string of the molecule is CN1CCCN(CC2CN(C(=O)COc3ccccc3O)CC2CO)CC1. The smallest absolute Gasteiger partial charge is 0.260 e. The van der Waals surface area contributed by atoms with E-state index in [4.69, 9.17) is 4.74 Å². The molecule has 0 aliphatic carbocycles. The number of rotatable bonds is 6. The van der Waals surface area contributed by atoms with Crippen molar-refractivity contribution in [1.29, 1.82) is 0 Å². The quantitative estimate of drug-likeness (QED) is 0.751. The van der Waals surface area contributed by atoms with Gasteiger partial charge >= 0.3 is 0 Å². The normalized spacial score (nSPS) is 24.7. The number of carbonyl (C=O) groups excluding carboxylic acids is 1. The number of ether oxygens (including phenoxy) is 1. The van der Waals surface area contributed by atoms with Crippen LogP contribution in [0.3, 0.4) is 0 Å². The Kier molecular flexibility index (Phi) is 6.93. The average molecular weight is 377 g/mol. The number of para-hydroxylation sites is 2. The van der Waals surface area contributed by atoms with Gasteiger partial charge in [-0.1, -0.05) is 12.1 Å². The zero-order valence-electron chi connectivity index (χ0n) is 16.1. The third-order valence-corrected chi connectivity index (χ3v) is 5.68. The summed E-state index contributed by atoms with van der Waals surface area (Å²) < 4.78 is 5.47. The fraction of sp³-hybridized carbons (Fsp3) is 0.650. The van der Waals surface area contributed by atoms with Crippen molar-refractivity contribution < 1.29 is 19.7 Å². The molecule has 3 rings (SSSR count). The molecule has 2 N–H and O–H groups in total. The lowest BCUT2D eigenvalue weighted by atomic mass is 9.96. The van der Waals surface area contributed by atoms with Gasteiger partial charge < -0.3 is 29.6 Å². The molecule has 1 amide bonds. The lowest BCUT2D eigenvalue weighted by Gasteiger charge is -2.26. The number of phenols is 1. The monoisotopic (exact) mass is 377 g/mol. The van der Waals surface area contributed by atoms with E-state index in [0.717, 1.165) is 39.1 Å². The first kappa shape index (κ1) is 19.9. The molecule has 150 valence electrons. The van der Waals surface area contributed by atoms with Gasteiger partial charge in [0.05, 0.1) is 0 Å². The van der Waals surface area contributed by atoms with Gasteiger partial charge in [0.25, 0.3) is 5.91 Å². The number of aliphatic hydroxyl groups is 1. The Morgan fingerprint density at radius 1 is 1.15 bits per heavy atom. The molecule has 2 fully saturated rings. The zero-order chi connectivity index (χ0) is 19.2. The van der Waals surface area contributed by atoms with Crippen LogP contribution in [0.2, 0.25) is 0 Å². The number of aliphatic hydroxyl groups excluding tert-OH is 1. The highest BCUT2D eigenvalue weighted by molar-refractivity contribution is 5.78. The van der Waals surface area contributed by atoms with Crippen molar-refractivity contribution >= 4 is 5.91 Å². The second kappa shape index (κ2) is 9.39. The molecule has 7 heteroatoms. The average Bonchev–Trinajstić information content (AvgIpc) is 2.96. The third-order valence-electron chi connectivity index (χ3n) is 5.68. The van der Waals surface area contributed by atoms with Gasteiger partial charge in [0, 0.05) is 45.2 Å². The summed E-state index contributed by atoms with van der Waals surface area (Å²) in [6.07, 6.45) is 1.16. The predicted octanol–water partition coefficient (Wildman–Crippen LogP) is 0.475. The minimum atomic E-state index is -0.102. The molecule has 2 heterocycles. The van der Waals surface area contributed by atoms with Crippen LogP contribution in [0.15, 0.2) is 24.3 Å². The standard InChI is InChI=1S/C20H31N3O4/c1-21-7-4-8-22(10-9-21)11-16-12-23(13-17(16)14-24)20(26)15-27-19-6-3-2-5-18(19)25/h2-3,5-6,16-17,24-25H,4,7-15H2,1H3. The number of aromatic hydroxyl groups is 1. The number of likely N-dealkylation sites (N-methyl/N-ethyl adjacent to an activating group) is 1. The summed E-state index contributed by atoms with van der Waals surface area (Å²) in [6.45, 7) is 6.44. The van der Waals surface area contributed by atoms with Gasteiger partial charge in [0.1, 0.15) is 0 Å². The number of hydrogen-bond acceptors (Lipinski definition) is 6. The molecule has 2 aliphatic heterocycles. The molecule has 2 atom stereocenters. The molecule has 7 nitrogen and oxygen atoms in total. The molecule has 0 spiro atoms. The molecule has 0 radical (unpaired) electrons. The summed E-state index contributed by atoms with van der Waals surface area (Å²) in [4.78, 5) is 19.1. The summed E-state index contributed by atoms with van der Waals surface area (Å²) in [7, 11) is 2.15. The largest absolute Gasteiger partial charge is 0.504 e. The van der Waals surface area contributed by atoms with Crippen LogP contribution < -0.4 is 4.74 Å².